The molecule has 0 saturated carbocycles. The summed E-state index contributed by atoms with van der Waals surface area (Å²) in [6.45, 7) is 0. The van der Waals surface area contributed by atoms with Crippen LogP contribution >= 0.6 is 0 Å². The van der Waals surface area contributed by atoms with Gasteiger partial charge < -0.3 is 14.7 Å². The molecule has 0 amide bonds. The average Bonchev–Trinajstić information content (AvgIpc) is 2.45. The van der Waals surface area contributed by atoms with Crippen molar-refractivity contribution in [3.63, 3.8) is 0 Å². The molecular formula is C15H14N2O2. The predicted octanol–water partition coefficient (Wildman–Crippen LogP) is 3.04. The lowest BCUT2D eigenvalue weighted by atomic mass is 10.1. The highest BCUT2D eigenvalue weighted by Gasteiger charge is 2.11. The van der Waals surface area contributed by atoms with Crippen LogP contribution in [-0.4, -0.2) is 19.3 Å². The highest BCUT2D eigenvalue weighted by molar-refractivity contribution is 5.70. The summed E-state index contributed by atoms with van der Waals surface area (Å²) in [7, 11) is 3.42. The maximum atomic E-state index is 9.52. The number of hydrogen-bond donors (Lipinski definition) is 1. The first-order valence-electron chi connectivity index (χ1n) is 5.76. The van der Waals surface area contributed by atoms with Gasteiger partial charge in [-0.2, -0.15) is 5.26 Å². The van der Waals surface area contributed by atoms with E-state index in [4.69, 9.17) is 10.00 Å². The highest BCUT2D eigenvalue weighted by atomic mass is 16.5. The number of aromatic hydroxyl groups is 1. The van der Waals surface area contributed by atoms with Gasteiger partial charge in [0.15, 0.2) is 0 Å². The molecule has 0 radical (unpaired) electrons. The van der Waals surface area contributed by atoms with E-state index < -0.39 is 0 Å². The monoisotopic (exact) mass is 254 g/mol. The third-order valence-electron chi connectivity index (χ3n) is 2.90. The molecule has 4 heteroatoms. The fourth-order valence-corrected chi connectivity index (χ4v) is 1.85. The standard InChI is InChI=1S/C15H14N2O2/c1-17(12-4-3-5-13(18)8-12)15-9-14(19-2)7-6-11(15)10-16/h3-9,18H,1-2H3. The number of methoxy groups -OCH3 is 1. The molecule has 0 unspecified atom stereocenters. The maximum Gasteiger partial charge on any atom is 0.121 e. The van der Waals surface area contributed by atoms with Crippen molar-refractivity contribution >= 4 is 11.4 Å². The van der Waals surface area contributed by atoms with E-state index in [0.717, 1.165) is 11.4 Å². The van der Waals surface area contributed by atoms with Crippen LogP contribution in [0.1, 0.15) is 5.56 Å². The summed E-state index contributed by atoms with van der Waals surface area (Å²) in [5.74, 6) is 0.867. The van der Waals surface area contributed by atoms with Gasteiger partial charge in [-0.1, -0.05) is 6.07 Å². The van der Waals surface area contributed by atoms with Crippen molar-refractivity contribution in [2.75, 3.05) is 19.1 Å². The van der Waals surface area contributed by atoms with Crippen LogP contribution in [0.5, 0.6) is 11.5 Å². The number of phenolic OH excluding ortho intramolecular Hbond substituents is 1. The zero-order valence-corrected chi connectivity index (χ0v) is 10.8. The Morgan fingerprint density at radius 3 is 2.63 bits per heavy atom. The zero-order chi connectivity index (χ0) is 13.8. The molecule has 1 N–H and O–H groups in total. The Bertz CT molecular complexity index is 632. The molecule has 19 heavy (non-hydrogen) atoms. The van der Waals surface area contributed by atoms with Crippen molar-refractivity contribution in [3.8, 4) is 17.6 Å². The van der Waals surface area contributed by atoms with Gasteiger partial charge in [-0.15, -0.1) is 0 Å². The number of rotatable bonds is 3. The molecule has 0 heterocycles. The Kier molecular flexibility index (Phi) is 3.58. The number of benzene rings is 2. The molecular weight excluding hydrogens is 240 g/mol. The van der Waals surface area contributed by atoms with Gasteiger partial charge in [0.1, 0.15) is 17.6 Å². The molecule has 0 fully saturated rings. The molecule has 0 spiro atoms. The van der Waals surface area contributed by atoms with Crippen molar-refractivity contribution in [1.82, 2.24) is 0 Å². The summed E-state index contributed by atoms with van der Waals surface area (Å²) in [5.41, 5.74) is 2.07. The Balaban J connectivity index is 2.48. The molecule has 0 aliphatic heterocycles. The fraction of sp³-hybridized carbons (Fsp3) is 0.133. The molecule has 0 bridgehead atoms. The van der Waals surface area contributed by atoms with Gasteiger partial charge in [-0.3, -0.25) is 0 Å². The molecule has 0 aromatic heterocycles. The number of ether oxygens (including phenoxy) is 1. The predicted molar refractivity (Wildman–Crippen MR) is 73.9 cm³/mol. The lowest BCUT2D eigenvalue weighted by Gasteiger charge is -2.21. The zero-order valence-electron chi connectivity index (χ0n) is 10.8. The van der Waals surface area contributed by atoms with Crippen LogP contribution in [0.25, 0.3) is 0 Å². The van der Waals surface area contributed by atoms with Gasteiger partial charge in [-0.05, 0) is 24.3 Å². The van der Waals surface area contributed by atoms with E-state index in [1.165, 1.54) is 0 Å². The summed E-state index contributed by atoms with van der Waals surface area (Å²) in [6.07, 6.45) is 0. The van der Waals surface area contributed by atoms with Crippen molar-refractivity contribution in [3.05, 3.63) is 48.0 Å². The van der Waals surface area contributed by atoms with Crippen LogP contribution in [0.4, 0.5) is 11.4 Å². The van der Waals surface area contributed by atoms with E-state index in [-0.39, 0.29) is 5.75 Å². The Hall–Kier alpha value is -2.67. The van der Waals surface area contributed by atoms with Crippen molar-refractivity contribution in [2.45, 2.75) is 0 Å². The summed E-state index contributed by atoms with van der Waals surface area (Å²) in [4.78, 5) is 1.83. The summed E-state index contributed by atoms with van der Waals surface area (Å²) in [5, 5.41) is 18.7. The van der Waals surface area contributed by atoms with Crippen molar-refractivity contribution < 1.29 is 9.84 Å². The largest absolute Gasteiger partial charge is 0.508 e. The third kappa shape index (κ3) is 2.61. The number of anilines is 2. The molecule has 96 valence electrons. The second-order valence-electron chi connectivity index (χ2n) is 4.07. The molecule has 0 atom stereocenters. The van der Waals surface area contributed by atoms with Crippen molar-refractivity contribution in [2.24, 2.45) is 0 Å². The van der Waals surface area contributed by atoms with Crippen LogP contribution in [0.3, 0.4) is 0 Å². The number of nitriles is 1. The third-order valence-corrected chi connectivity index (χ3v) is 2.90. The molecule has 0 aliphatic rings. The van der Waals surface area contributed by atoms with E-state index in [0.29, 0.717) is 11.3 Å². The van der Waals surface area contributed by atoms with E-state index in [9.17, 15) is 5.11 Å². The Labute approximate surface area is 112 Å². The summed E-state index contributed by atoms with van der Waals surface area (Å²) < 4.78 is 5.18. The van der Waals surface area contributed by atoms with Gasteiger partial charge >= 0.3 is 0 Å². The Morgan fingerprint density at radius 1 is 1.21 bits per heavy atom. The van der Waals surface area contributed by atoms with Crippen LogP contribution in [0.15, 0.2) is 42.5 Å². The maximum absolute atomic E-state index is 9.52. The minimum atomic E-state index is 0.186. The van der Waals surface area contributed by atoms with E-state index in [1.54, 1.807) is 43.5 Å². The van der Waals surface area contributed by atoms with Gasteiger partial charge in [0.2, 0.25) is 0 Å². The first-order chi connectivity index (χ1) is 9.15. The lowest BCUT2D eigenvalue weighted by Crippen LogP contribution is -2.11. The van der Waals surface area contributed by atoms with Gasteiger partial charge in [-0.25, -0.2) is 0 Å². The second kappa shape index (κ2) is 5.32. The highest BCUT2D eigenvalue weighted by Crippen LogP contribution is 2.31. The van der Waals surface area contributed by atoms with Crippen molar-refractivity contribution in [1.29, 1.82) is 5.26 Å². The van der Waals surface area contributed by atoms with E-state index >= 15 is 0 Å². The Morgan fingerprint density at radius 2 is 2.00 bits per heavy atom. The topological polar surface area (TPSA) is 56.5 Å². The SMILES string of the molecule is COc1ccc(C#N)c(N(C)c2cccc(O)c2)c1. The molecule has 0 aliphatic carbocycles. The molecule has 0 saturated heterocycles. The van der Waals surface area contributed by atoms with Gasteiger partial charge in [0.05, 0.1) is 18.4 Å². The number of nitrogens with zero attached hydrogens (tertiary/aromatic N) is 2. The van der Waals surface area contributed by atoms with E-state index in [1.807, 2.05) is 18.0 Å². The average molecular weight is 254 g/mol. The van der Waals surface area contributed by atoms with Crippen LogP contribution < -0.4 is 9.64 Å². The second-order valence-corrected chi connectivity index (χ2v) is 4.07. The molecule has 2 aromatic carbocycles. The first-order valence-corrected chi connectivity index (χ1v) is 5.76. The first kappa shape index (κ1) is 12.8. The van der Waals surface area contributed by atoms with E-state index in [2.05, 4.69) is 6.07 Å². The van der Waals surface area contributed by atoms with Crippen LogP contribution in [0, 0.1) is 11.3 Å². The molecule has 2 rings (SSSR count). The molecule has 2 aromatic rings. The number of phenols is 1. The molecule has 4 nitrogen and oxygen atoms in total. The minimum Gasteiger partial charge on any atom is -0.508 e. The van der Waals surface area contributed by atoms with Crippen LogP contribution in [0.2, 0.25) is 0 Å². The quantitative estimate of drug-likeness (QED) is 0.914. The lowest BCUT2D eigenvalue weighted by molar-refractivity contribution is 0.415. The summed E-state index contributed by atoms with van der Waals surface area (Å²) in [6, 6.07) is 14.3. The number of hydrogen-bond acceptors (Lipinski definition) is 4. The van der Waals surface area contributed by atoms with Gasteiger partial charge in [0, 0.05) is 24.9 Å². The summed E-state index contributed by atoms with van der Waals surface area (Å²) >= 11 is 0. The smallest absolute Gasteiger partial charge is 0.121 e. The van der Waals surface area contributed by atoms with Crippen LogP contribution in [-0.2, 0) is 0 Å². The normalized spacial score (nSPS) is 9.74. The fourth-order valence-electron chi connectivity index (χ4n) is 1.85. The van der Waals surface area contributed by atoms with Gasteiger partial charge in [0.25, 0.3) is 0 Å². The minimum absolute atomic E-state index is 0.186.